The van der Waals surface area contributed by atoms with Gasteiger partial charge in [0.05, 0.1) is 13.2 Å². The fraction of sp³-hybridized carbons (Fsp3) is 0.455. The van der Waals surface area contributed by atoms with Gasteiger partial charge in [0.15, 0.2) is 0 Å². The zero-order valence-corrected chi connectivity index (χ0v) is 16.2. The third kappa shape index (κ3) is 4.57. The van der Waals surface area contributed by atoms with E-state index in [-0.39, 0.29) is 23.3 Å². The fourth-order valence-electron chi connectivity index (χ4n) is 3.68. The van der Waals surface area contributed by atoms with Crippen LogP contribution in [-0.2, 0) is 22.7 Å². The van der Waals surface area contributed by atoms with Crippen molar-refractivity contribution in [2.75, 3.05) is 14.2 Å². The molecule has 2 aromatic carbocycles. The molecule has 2 N–H and O–H groups in total. The van der Waals surface area contributed by atoms with Gasteiger partial charge < -0.3 is 19.7 Å². The van der Waals surface area contributed by atoms with Gasteiger partial charge in [-0.15, -0.1) is 0 Å². The van der Waals surface area contributed by atoms with Gasteiger partial charge in [-0.05, 0) is 47.9 Å². The van der Waals surface area contributed by atoms with Gasteiger partial charge in [0.1, 0.15) is 11.5 Å². The van der Waals surface area contributed by atoms with E-state index in [0.29, 0.717) is 13.2 Å². The Kier molecular flexibility index (Phi) is 7.49. The maximum absolute atomic E-state index is 10.3. The highest BCUT2D eigenvalue weighted by molar-refractivity contribution is 5.42. The molecule has 0 radical (unpaired) electrons. The van der Waals surface area contributed by atoms with Crippen molar-refractivity contribution in [2.45, 2.75) is 51.7 Å². The predicted molar refractivity (Wildman–Crippen MR) is 104 cm³/mol. The molecule has 0 heterocycles. The van der Waals surface area contributed by atoms with Gasteiger partial charge in [-0.25, -0.2) is 0 Å². The Hall–Kier alpha value is -2.04. The van der Waals surface area contributed by atoms with Crippen molar-refractivity contribution in [1.29, 1.82) is 0 Å². The number of phenolic OH excluding ortho intramolecular Hbond substituents is 2. The van der Waals surface area contributed by atoms with Gasteiger partial charge in [-0.3, -0.25) is 0 Å². The van der Waals surface area contributed by atoms with E-state index in [1.54, 1.807) is 14.2 Å². The number of ether oxygens (including phenoxy) is 2. The molecule has 0 aliphatic heterocycles. The largest absolute Gasteiger partial charge is 0.508 e. The Bertz CT molecular complexity index is 650. The van der Waals surface area contributed by atoms with E-state index in [4.69, 9.17) is 9.47 Å². The molecule has 0 aliphatic carbocycles. The topological polar surface area (TPSA) is 58.9 Å². The summed E-state index contributed by atoms with van der Waals surface area (Å²) in [5.74, 6) is 1.07. The van der Waals surface area contributed by atoms with E-state index in [1.165, 1.54) is 0 Å². The monoisotopic (exact) mass is 358 g/mol. The highest BCUT2D eigenvalue weighted by atomic mass is 16.5. The highest BCUT2D eigenvalue weighted by Gasteiger charge is 2.23. The third-order valence-corrected chi connectivity index (χ3v) is 5.04. The first-order valence-corrected chi connectivity index (χ1v) is 9.17. The molecule has 26 heavy (non-hydrogen) atoms. The summed E-state index contributed by atoms with van der Waals surface area (Å²) in [6.45, 7) is 5.11. The summed E-state index contributed by atoms with van der Waals surface area (Å²) in [7, 11) is 3.24. The minimum atomic E-state index is 0.259. The second-order valence-corrected chi connectivity index (χ2v) is 6.67. The van der Waals surface area contributed by atoms with Gasteiger partial charge in [-0.2, -0.15) is 0 Å². The smallest absolute Gasteiger partial charge is 0.121 e. The van der Waals surface area contributed by atoms with Crippen LogP contribution in [0.4, 0.5) is 0 Å². The summed E-state index contributed by atoms with van der Waals surface area (Å²) in [4.78, 5) is 0. The van der Waals surface area contributed by atoms with E-state index in [2.05, 4.69) is 26.0 Å². The third-order valence-electron chi connectivity index (χ3n) is 5.04. The number of rotatable bonds is 9. The first-order chi connectivity index (χ1) is 12.5. The first-order valence-electron chi connectivity index (χ1n) is 9.17. The van der Waals surface area contributed by atoms with E-state index < -0.39 is 0 Å². The van der Waals surface area contributed by atoms with E-state index in [9.17, 15) is 10.2 Å². The van der Waals surface area contributed by atoms with Gasteiger partial charge >= 0.3 is 0 Å². The molecule has 0 aliphatic rings. The lowest BCUT2D eigenvalue weighted by atomic mass is 9.78. The van der Waals surface area contributed by atoms with Crippen LogP contribution < -0.4 is 0 Å². The SMILES string of the molecule is CCC(c1ccc(COC)c(O)c1)C(CC)c1ccc(COC)c(O)c1. The maximum Gasteiger partial charge on any atom is 0.121 e. The Balaban J connectivity index is 2.34. The quantitative estimate of drug-likeness (QED) is 0.656. The molecule has 0 fully saturated rings. The molecule has 4 heteroatoms. The van der Waals surface area contributed by atoms with Gasteiger partial charge in [0.2, 0.25) is 0 Å². The minimum Gasteiger partial charge on any atom is -0.508 e. The van der Waals surface area contributed by atoms with E-state index in [1.807, 2.05) is 24.3 Å². The summed E-state index contributed by atoms with van der Waals surface area (Å²) in [6.07, 6.45) is 1.89. The summed E-state index contributed by atoms with van der Waals surface area (Å²) < 4.78 is 10.2. The molecule has 0 saturated heterocycles. The van der Waals surface area contributed by atoms with Crippen LogP contribution in [0.1, 0.15) is 60.8 Å². The molecule has 2 atom stereocenters. The van der Waals surface area contributed by atoms with Crippen LogP contribution in [0.15, 0.2) is 36.4 Å². The molecule has 0 spiro atoms. The molecule has 0 saturated carbocycles. The first kappa shape index (κ1) is 20.3. The Morgan fingerprint density at radius 2 is 1.12 bits per heavy atom. The van der Waals surface area contributed by atoms with Crippen LogP contribution in [0.2, 0.25) is 0 Å². The molecule has 142 valence electrons. The molecule has 2 rings (SSSR count). The highest BCUT2D eigenvalue weighted by Crippen LogP contribution is 2.40. The number of methoxy groups -OCH3 is 2. The Morgan fingerprint density at radius 1 is 0.731 bits per heavy atom. The molecule has 0 aromatic heterocycles. The summed E-state index contributed by atoms with van der Waals surface area (Å²) in [5, 5.41) is 20.6. The van der Waals surface area contributed by atoms with Crippen molar-refractivity contribution < 1.29 is 19.7 Å². The van der Waals surface area contributed by atoms with Crippen LogP contribution in [0.25, 0.3) is 0 Å². The molecular weight excluding hydrogens is 328 g/mol. The van der Waals surface area contributed by atoms with Crippen molar-refractivity contribution in [3.05, 3.63) is 58.7 Å². The number of phenols is 2. The van der Waals surface area contributed by atoms with Crippen molar-refractivity contribution >= 4 is 0 Å². The van der Waals surface area contributed by atoms with Crippen LogP contribution in [0.3, 0.4) is 0 Å². The number of benzene rings is 2. The second kappa shape index (κ2) is 9.60. The van der Waals surface area contributed by atoms with Gasteiger partial charge in [0.25, 0.3) is 0 Å². The number of hydrogen-bond acceptors (Lipinski definition) is 4. The summed E-state index contributed by atoms with van der Waals surface area (Å²) >= 11 is 0. The standard InChI is InChI=1S/C22H30O4/c1-5-19(15-7-9-17(13-25-3)21(23)11-15)20(6-2)16-8-10-18(14-26-4)22(24)12-16/h7-12,19-20,23-24H,5-6,13-14H2,1-4H3. The van der Waals surface area contributed by atoms with Gasteiger partial charge in [0, 0.05) is 25.3 Å². The molecule has 4 nitrogen and oxygen atoms in total. The normalized spacial score (nSPS) is 13.5. The molecule has 0 amide bonds. The predicted octanol–water partition coefficient (Wildman–Crippen LogP) is 5.08. The number of aromatic hydroxyl groups is 2. The minimum absolute atomic E-state index is 0.259. The lowest BCUT2D eigenvalue weighted by Crippen LogP contribution is -2.11. The lowest BCUT2D eigenvalue weighted by Gasteiger charge is -2.27. The molecular formula is C22H30O4. The van der Waals surface area contributed by atoms with Crippen molar-refractivity contribution in [3.63, 3.8) is 0 Å². The molecule has 2 aromatic rings. The van der Waals surface area contributed by atoms with Crippen molar-refractivity contribution in [3.8, 4) is 11.5 Å². The fourth-order valence-corrected chi connectivity index (χ4v) is 3.68. The summed E-state index contributed by atoms with van der Waals surface area (Å²) in [5.41, 5.74) is 3.80. The number of hydrogen-bond donors (Lipinski definition) is 2. The molecule has 0 bridgehead atoms. The lowest BCUT2D eigenvalue weighted by molar-refractivity contribution is 0.182. The molecule has 2 unspecified atom stereocenters. The van der Waals surface area contributed by atoms with Crippen LogP contribution in [-0.4, -0.2) is 24.4 Å². The van der Waals surface area contributed by atoms with Gasteiger partial charge in [-0.1, -0.05) is 38.1 Å². The zero-order chi connectivity index (χ0) is 19.1. The Morgan fingerprint density at radius 3 is 1.38 bits per heavy atom. The van der Waals surface area contributed by atoms with E-state index in [0.717, 1.165) is 35.1 Å². The van der Waals surface area contributed by atoms with Crippen LogP contribution >= 0.6 is 0 Å². The maximum atomic E-state index is 10.3. The van der Waals surface area contributed by atoms with Crippen LogP contribution in [0.5, 0.6) is 11.5 Å². The average molecular weight is 358 g/mol. The van der Waals surface area contributed by atoms with Crippen LogP contribution in [0, 0.1) is 0 Å². The Labute approximate surface area is 156 Å². The average Bonchev–Trinajstić information content (AvgIpc) is 2.63. The van der Waals surface area contributed by atoms with Crippen molar-refractivity contribution in [1.82, 2.24) is 0 Å². The second-order valence-electron chi connectivity index (χ2n) is 6.67. The van der Waals surface area contributed by atoms with Crippen molar-refractivity contribution in [2.24, 2.45) is 0 Å². The van der Waals surface area contributed by atoms with E-state index >= 15 is 0 Å². The zero-order valence-electron chi connectivity index (χ0n) is 16.2. The summed E-state index contributed by atoms with van der Waals surface area (Å²) in [6, 6.07) is 11.7.